The van der Waals surface area contributed by atoms with Crippen LogP contribution in [0.1, 0.15) is 51.6 Å². The fourth-order valence-corrected chi connectivity index (χ4v) is 6.16. The number of anilines is 1. The van der Waals surface area contributed by atoms with Gasteiger partial charge in [0.15, 0.2) is 5.78 Å². The van der Waals surface area contributed by atoms with Gasteiger partial charge in [0.1, 0.15) is 0 Å². The molecule has 170 valence electrons. The standard InChI is InChI=1S/C30H28N2O2/c1-20(2)18-31-16-14-30(15-17-31)19-32(26-13-6-5-12-25(26)30)29(34)24-11-7-10-22-21-8-3-4-9-23(21)28(33)27(22)24/h3-13H,1,14-19H2,2H3. The van der Waals surface area contributed by atoms with E-state index < -0.39 is 0 Å². The third-order valence-corrected chi connectivity index (χ3v) is 7.76. The maximum absolute atomic E-state index is 14.1. The minimum absolute atomic E-state index is 0.0389. The Hall–Kier alpha value is -3.50. The molecule has 4 heteroatoms. The third-order valence-electron chi connectivity index (χ3n) is 7.76. The van der Waals surface area contributed by atoms with Crippen LogP contribution in [0.3, 0.4) is 0 Å². The topological polar surface area (TPSA) is 40.6 Å². The summed E-state index contributed by atoms with van der Waals surface area (Å²) in [5, 5.41) is 0. The number of fused-ring (bicyclic) bond motifs is 5. The maximum Gasteiger partial charge on any atom is 0.259 e. The van der Waals surface area contributed by atoms with Gasteiger partial charge in [-0.1, -0.05) is 66.7 Å². The van der Waals surface area contributed by atoms with Crippen LogP contribution in [0.4, 0.5) is 5.69 Å². The van der Waals surface area contributed by atoms with Crippen LogP contribution >= 0.6 is 0 Å². The smallest absolute Gasteiger partial charge is 0.259 e. The lowest BCUT2D eigenvalue weighted by atomic mass is 9.74. The molecule has 0 bridgehead atoms. The summed E-state index contributed by atoms with van der Waals surface area (Å²) in [5.41, 5.74) is 6.91. The van der Waals surface area contributed by atoms with Gasteiger partial charge in [-0.2, -0.15) is 0 Å². The molecule has 6 rings (SSSR count). The Labute approximate surface area is 200 Å². The summed E-state index contributed by atoms with van der Waals surface area (Å²) in [7, 11) is 0. The Morgan fingerprint density at radius 3 is 2.35 bits per heavy atom. The van der Waals surface area contributed by atoms with Gasteiger partial charge < -0.3 is 4.90 Å². The van der Waals surface area contributed by atoms with Crippen molar-refractivity contribution < 1.29 is 9.59 Å². The molecule has 3 aromatic carbocycles. The predicted molar refractivity (Wildman–Crippen MR) is 136 cm³/mol. The van der Waals surface area contributed by atoms with Gasteiger partial charge in [-0.15, -0.1) is 0 Å². The van der Waals surface area contributed by atoms with E-state index >= 15 is 0 Å². The highest BCUT2D eigenvalue weighted by Crippen LogP contribution is 2.48. The van der Waals surface area contributed by atoms with Gasteiger partial charge in [0.05, 0.1) is 5.56 Å². The minimum atomic E-state index is -0.0771. The lowest BCUT2D eigenvalue weighted by Crippen LogP contribution is -2.46. The van der Waals surface area contributed by atoms with Gasteiger partial charge in [0, 0.05) is 35.3 Å². The van der Waals surface area contributed by atoms with E-state index in [0.29, 0.717) is 23.2 Å². The van der Waals surface area contributed by atoms with Crippen molar-refractivity contribution in [3.63, 3.8) is 0 Å². The van der Waals surface area contributed by atoms with E-state index in [-0.39, 0.29) is 17.1 Å². The number of ketones is 1. The van der Waals surface area contributed by atoms with Crippen LogP contribution in [0, 0.1) is 0 Å². The summed E-state index contributed by atoms with van der Waals surface area (Å²) in [6.45, 7) is 9.74. The van der Waals surface area contributed by atoms with E-state index in [1.54, 1.807) is 0 Å². The first-order chi connectivity index (χ1) is 16.5. The largest absolute Gasteiger partial charge is 0.307 e. The first kappa shape index (κ1) is 21.1. The molecule has 0 saturated carbocycles. The molecule has 4 nitrogen and oxygen atoms in total. The van der Waals surface area contributed by atoms with E-state index in [9.17, 15) is 9.59 Å². The van der Waals surface area contributed by atoms with Gasteiger partial charge >= 0.3 is 0 Å². The molecular formula is C30H28N2O2. The average Bonchev–Trinajstić information content (AvgIpc) is 3.33. The molecule has 1 spiro atoms. The lowest BCUT2D eigenvalue weighted by Gasteiger charge is -2.40. The van der Waals surface area contributed by atoms with E-state index in [1.165, 1.54) is 11.1 Å². The van der Waals surface area contributed by atoms with Crippen LogP contribution in [0.5, 0.6) is 0 Å². The molecule has 1 amide bonds. The fraction of sp³-hybridized carbons (Fsp3) is 0.267. The zero-order valence-corrected chi connectivity index (χ0v) is 19.5. The third kappa shape index (κ3) is 3.09. The molecule has 3 aromatic rings. The normalized spacial score (nSPS) is 18.0. The monoisotopic (exact) mass is 448 g/mol. The summed E-state index contributed by atoms with van der Waals surface area (Å²) in [6, 6.07) is 21.6. The van der Waals surface area contributed by atoms with E-state index in [0.717, 1.165) is 49.3 Å². The molecule has 0 atom stereocenters. The Kier molecular flexibility index (Phi) is 4.82. The van der Waals surface area contributed by atoms with Gasteiger partial charge in [-0.25, -0.2) is 0 Å². The number of para-hydroxylation sites is 1. The molecule has 0 radical (unpaired) electrons. The molecule has 1 fully saturated rings. The van der Waals surface area contributed by atoms with Crippen molar-refractivity contribution in [3.05, 3.63) is 101 Å². The molecule has 0 aromatic heterocycles. The summed E-state index contributed by atoms with van der Waals surface area (Å²) < 4.78 is 0. The van der Waals surface area contributed by atoms with E-state index in [2.05, 4.69) is 36.6 Å². The highest BCUT2D eigenvalue weighted by Gasteiger charge is 2.47. The summed E-state index contributed by atoms with van der Waals surface area (Å²) >= 11 is 0. The Morgan fingerprint density at radius 1 is 0.912 bits per heavy atom. The number of carbonyl (C=O) groups is 2. The molecule has 2 aliphatic heterocycles. The van der Waals surface area contributed by atoms with Crippen molar-refractivity contribution in [2.75, 3.05) is 31.1 Å². The number of piperidine rings is 1. The molecule has 1 aliphatic carbocycles. The minimum Gasteiger partial charge on any atom is -0.307 e. The van der Waals surface area contributed by atoms with E-state index in [4.69, 9.17) is 0 Å². The SMILES string of the molecule is C=C(C)CN1CCC2(CC1)CN(C(=O)c1cccc3c1C(=O)c1ccccc1-3)c1ccccc12. The van der Waals surface area contributed by atoms with Gasteiger partial charge in [-0.05, 0) is 61.7 Å². The van der Waals surface area contributed by atoms with Crippen molar-refractivity contribution in [2.24, 2.45) is 0 Å². The quantitative estimate of drug-likeness (QED) is 0.390. The number of benzene rings is 3. The molecule has 2 heterocycles. The first-order valence-electron chi connectivity index (χ1n) is 12.0. The van der Waals surface area contributed by atoms with Crippen molar-refractivity contribution in [1.29, 1.82) is 0 Å². The van der Waals surface area contributed by atoms with Crippen LogP contribution in [0.2, 0.25) is 0 Å². The van der Waals surface area contributed by atoms with Crippen LogP contribution in [-0.2, 0) is 5.41 Å². The first-order valence-corrected chi connectivity index (χ1v) is 12.0. The van der Waals surface area contributed by atoms with Crippen molar-refractivity contribution in [2.45, 2.75) is 25.2 Å². The van der Waals surface area contributed by atoms with Gasteiger partial charge in [0.25, 0.3) is 5.91 Å². The zero-order valence-electron chi connectivity index (χ0n) is 19.5. The molecule has 34 heavy (non-hydrogen) atoms. The van der Waals surface area contributed by atoms with Crippen LogP contribution in [-0.4, -0.2) is 42.8 Å². The highest BCUT2D eigenvalue weighted by molar-refractivity contribution is 6.27. The fourth-order valence-electron chi connectivity index (χ4n) is 6.16. The molecule has 1 saturated heterocycles. The zero-order chi connectivity index (χ0) is 23.4. The second-order valence-electron chi connectivity index (χ2n) is 10.0. The van der Waals surface area contributed by atoms with E-state index in [1.807, 2.05) is 53.4 Å². The number of nitrogens with zero attached hydrogens (tertiary/aromatic N) is 2. The van der Waals surface area contributed by atoms with Crippen molar-refractivity contribution in [1.82, 2.24) is 4.90 Å². The predicted octanol–water partition coefficient (Wildman–Crippen LogP) is 5.47. The Bertz CT molecular complexity index is 1350. The summed E-state index contributed by atoms with van der Waals surface area (Å²) in [4.78, 5) is 31.7. The number of hydrogen-bond acceptors (Lipinski definition) is 3. The molecule has 0 unspecified atom stereocenters. The number of carbonyl (C=O) groups excluding carboxylic acids is 2. The number of likely N-dealkylation sites (tertiary alicyclic amines) is 1. The van der Waals surface area contributed by atoms with Crippen molar-refractivity contribution >= 4 is 17.4 Å². The Balaban J connectivity index is 1.36. The molecule has 0 N–H and O–H groups in total. The number of hydrogen-bond donors (Lipinski definition) is 0. The van der Waals surface area contributed by atoms with Gasteiger partial charge in [0.2, 0.25) is 0 Å². The molecular weight excluding hydrogens is 420 g/mol. The maximum atomic E-state index is 14.1. The second-order valence-corrected chi connectivity index (χ2v) is 10.0. The number of amides is 1. The molecule has 3 aliphatic rings. The van der Waals surface area contributed by atoms with Crippen LogP contribution in [0.15, 0.2) is 78.9 Å². The van der Waals surface area contributed by atoms with Crippen molar-refractivity contribution in [3.8, 4) is 11.1 Å². The van der Waals surface area contributed by atoms with Crippen LogP contribution < -0.4 is 4.90 Å². The lowest BCUT2D eigenvalue weighted by molar-refractivity contribution is 0.0964. The highest BCUT2D eigenvalue weighted by atomic mass is 16.2. The second kappa shape index (κ2) is 7.78. The Morgan fingerprint density at radius 2 is 1.59 bits per heavy atom. The van der Waals surface area contributed by atoms with Crippen LogP contribution in [0.25, 0.3) is 11.1 Å². The average molecular weight is 449 g/mol. The van der Waals surface area contributed by atoms with Gasteiger partial charge in [-0.3, -0.25) is 14.5 Å². The summed E-state index contributed by atoms with van der Waals surface area (Å²) in [5.74, 6) is -0.128. The summed E-state index contributed by atoms with van der Waals surface area (Å²) in [6.07, 6.45) is 2.02. The number of rotatable bonds is 3.